The maximum atomic E-state index is 12.2. The molecule has 1 aromatic carbocycles. The van der Waals surface area contributed by atoms with Gasteiger partial charge in [-0.3, -0.25) is 0 Å². The summed E-state index contributed by atoms with van der Waals surface area (Å²) >= 11 is 0. The fourth-order valence-corrected chi connectivity index (χ4v) is 2.11. The molecule has 0 amide bonds. The Balaban J connectivity index is 2.12. The van der Waals surface area contributed by atoms with Gasteiger partial charge in [-0.2, -0.15) is 0 Å². The van der Waals surface area contributed by atoms with Crippen molar-refractivity contribution in [1.82, 2.24) is 0 Å². The van der Waals surface area contributed by atoms with Crippen molar-refractivity contribution in [1.29, 1.82) is 0 Å². The summed E-state index contributed by atoms with van der Waals surface area (Å²) in [6.07, 6.45) is -2.97. The summed E-state index contributed by atoms with van der Waals surface area (Å²) in [6.45, 7) is 0. The average Bonchev–Trinajstić information content (AvgIpc) is 2.65. The van der Waals surface area contributed by atoms with E-state index < -0.39 is 12.5 Å². The van der Waals surface area contributed by atoms with Crippen LogP contribution in [-0.4, -0.2) is 23.6 Å². The Kier molecular flexibility index (Phi) is 3.65. The molecule has 2 N–H and O–H groups in total. The maximum absolute atomic E-state index is 12.2. The molecule has 6 heteroatoms. The van der Waals surface area contributed by atoms with Gasteiger partial charge in [0.1, 0.15) is 0 Å². The van der Waals surface area contributed by atoms with E-state index in [0.29, 0.717) is 6.42 Å². The highest BCUT2D eigenvalue weighted by atomic mass is 19.4. The Bertz CT molecular complexity index is 409. The van der Waals surface area contributed by atoms with Gasteiger partial charge in [-0.25, -0.2) is 0 Å². The first-order valence-electron chi connectivity index (χ1n) is 5.75. The average molecular weight is 261 g/mol. The van der Waals surface area contributed by atoms with Crippen molar-refractivity contribution in [3.8, 4) is 5.75 Å². The predicted molar refractivity (Wildman–Crippen MR) is 60.4 cm³/mol. The van der Waals surface area contributed by atoms with Gasteiger partial charge in [0.05, 0.1) is 17.8 Å². The Hall–Kier alpha value is -1.43. The van der Waals surface area contributed by atoms with Crippen molar-refractivity contribution < 1.29 is 23.0 Å². The number of ether oxygens (including phenoxy) is 1. The largest absolute Gasteiger partial charge is 0.573 e. The van der Waals surface area contributed by atoms with Gasteiger partial charge in [0.25, 0.3) is 0 Å². The molecule has 0 unspecified atom stereocenters. The van der Waals surface area contributed by atoms with E-state index in [-0.39, 0.29) is 17.5 Å². The van der Waals surface area contributed by atoms with Gasteiger partial charge < -0.3 is 15.2 Å². The van der Waals surface area contributed by atoms with Crippen molar-refractivity contribution >= 4 is 5.69 Å². The minimum Gasteiger partial charge on any atom is -0.404 e. The van der Waals surface area contributed by atoms with Crippen molar-refractivity contribution in [2.24, 2.45) is 0 Å². The zero-order valence-electron chi connectivity index (χ0n) is 9.57. The highest BCUT2D eigenvalue weighted by Gasteiger charge is 2.33. The number of aliphatic hydroxyl groups is 1. The zero-order valence-corrected chi connectivity index (χ0v) is 9.57. The third-order valence-corrected chi connectivity index (χ3v) is 2.93. The highest BCUT2D eigenvalue weighted by molar-refractivity contribution is 5.57. The zero-order chi connectivity index (χ0) is 13.2. The predicted octanol–water partition coefficient (Wildman–Crippen LogP) is 2.91. The fraction of sp³-hybridized carbons (Fsp3) is 0.500. The summed E-state index contributed by atoms with van der Waals surface area (Å²) in [5, 5.41) is 12.6. The molecule has 0 bridgehead atoms. The first kappa shape index (κ1) is 13.0. The van der Waals surface area contributed by atoms with Crippen LogP contribution in [0.2, 0.25) is 0 Å². The first-order valence-corrected chi connectivity index (χ1v) is 5.75. The van der Waals surface area contributed by atoms with Crippen LogP contribution in [0.25, 0.3) is 0 Å². The number of aliphatic hydroxyl groups excluding tert-OH is 1. The Labute approximate surface area is 103 Å². The molecule has 1 aliphatic carbocycles. The molecule has 0 aromatic heterocycles. The smallest absolute Gasteiger partial charge is 0.404 e. The van der Waals surface area contributed by atoms with E-state index in [0.717, 1.165) is 12.8 Å². The second-order valence-electron chi connectivity index (χ2n) is 4.29. The molecule has 3 nitrogen and oxygen atoms in total. The Morgan fingerprint density at radius 3 is 2.56 bits per heavy atom. The lowest BCUT2D eigenvalue weighted by atomic mass is 10.2. The molecule has 0 radical (unpaired) electrons. The van der Waals surface area contributed by atoms with E-state index in [1.54, 1.807) is 6.07 Å². The molecule has 0 aliphatic heterocycles. The molecule has 1 aliphatic rings. The first-order chi connectivity index (χ1) is 8.46. The summed E-state index contributed by atoms with van der Waals surface area (Å²) in [5.74, 6) is -0.274. The van der Waals surface area contributed by atoms with E-state index in [1.165, 1.54) is 18.2 Å². The minimum atomic E-state index is -4.72. The third kappa shape index (κ3) is 3.29. The van der Waals surface area contributed by atoms with Crippen LogP contribution in [0.15, 0.2) is 24.3 Å². The Morgan fingerprint density at radius 1 is 1.22 bits per heavy atom. The van der Waals surface area contributed by atoms with Gasteiger partial charge in [0.15, 0.2) is 5.75 Å². The number of hydrogen-bond acceptors (Lipinski definition) is 3. The SMILES string of the molecule is O[C@H]1CCC[C@@H]1Nc1ccccc1OC(F)(F)F. The molecular formula is C12H14F3NO2. The normalized spacial score (nSPS) is 24.0. The summed E-state index contributed by atoms with van der Waals surface area (Å²) in [4.78, 5) is 0. The highest BCUT2D eigenvalue weighted by Crippen LogP contribution is 2.32. The molecule has 2 atom stereocenters. The van der Waals surface area contributed by atoms with Gasteiger partial charge >= 0.3 is 6.36 Å². The van der Waals surface area contributed by atoms with Gasteiger partial charge in [-0.15, -0.1) is 13.2 Å². The van der Waals surface area contributed by atoms with E-state index in [1.807, 2.05) is 0 Å². The number of rotatable bonds is 3. The molecule has 1 aromatic rings. The van der Waals surface area contributed by atoms with Crippen LogP contribution in [0.1, 0.15) is 19.3 Å². The lowest BCUT2D eigenvalue weighted by Gasteiger charge is -2.20. The minimum absolute atomic E-state index is 0.219. The summed E-state index contributed by atoms with van der Waals surface area (Å²) < 4.78 is 40.6. The second-order valence-corrected chi connectivity index (χ2v) is 4.29. The van der Waals surface area contributed by atoms with Crippen LogP contribution in [0, 0.1) is 0 Å². The summed E-state index contributed by atoms with van der Waals surface area (Å²) in [6, 6.07) is 5.62. The molecule has 0 saturated heterocycles. The number of para-hydroxylation sites is 2. The van der Waals surface area contributed by atoms with Gasteiger partial charge in [0.2, 0.25) is 0 Å². The van der Waals surface area contributed by atoms with Crippen LogP contribution >= 0.6 is 0 Å². The number of benzene rings is 1. The molecular weight excluding hydrogens is 247 g/mol. The van der Waals surface area contributed by atoms with Crippen molar-refractivity contribution in [2.45, 2.75) is 37.8 Å². The second kappa shape index (κ2) is 5.06. The lowest BCUT2D eigenvalue weighted by molar-refractivity contribution is -0.274. The lowest BCUT2D eigenvalue weighted by Crippen LogP contribution is -2.28. The number of hydrogen-bond donors (Lipinski definition) is 2. The third-order valence-electron chi connectivity index (χ3n) is 2.93. The van der Waals surface area contributed by atoms with Gasteiger partial charge in [0, 0.05) is 0 Å². The number of nitrogens with one attached hydrogen (secondary N) is 1. The summed E-state index contributed by atoms with van der Waals surface area (Å²) in [7, 11) is 0. The van der Waals surface area contributed by atoms with Crippen LogP contribution in [0.4, 0.5) is 18.9 Å². The van der Waals surface area contributed by atoms with Crippen LogP contribution in [-0.2, 0) is 0 Å². The molecule has 0 heterocycles. The monoisotopic (exact) mass is 261 g/mol. The number of halogens is 3. The van der Waals surface area contributed by atoms with E-state index in [2.05, 4.69) is 10.1 Å². The number of alkyl halides is 3. The standard InChI is InChI=1S/C12H14F3NO2/c13-12(14,15)18-11-7-2-1-4-9(11)16-8-5-3-6-10(8)17/h1-2,4,7-8,10,16-17H,3,5-6H2/t8-,10-/m0/s1. The molecule has 1 saturated carbocycles. The van der Waals surface area contributed by atoms with Gasteiger partial charge in [-0.1, -0.05) is 12.1 Å². The molecule has 0 spiro atoms. The summed E-state index contributed by atoms with van der Waals surface area (Å²) in [5.41, 5.74) is 0.251. The van der Waals surface area contributed by atoms with Crippen molar-refractivity contribution in [3.63, 3.8) is 0 Å². The fourth-order valence-electron chi connectivity index (χ4n) is 2.11. The molecule has 1 fully saturated rings. The van der Waals surface area contributed by atoms with Crippen molar-refractivity contribution in [3.05, 3.63) is 24.3 Å². The van der Waals surface area contributed by atoms with Crippen molar-refractivity contribution in [2.75, 3.05) is 5.32 Å². The van der Waals surface area contributed by atoms with Crippen LogP contribution < -0.4 is 10.1 Å². The van der Waals surface area contributed by atoms with E-state index >= 15 is 0 Å². The molecule has 2 rings (SSSR count). The maximum Gasteiger partial charge on any atom is 0.573 e. The van der Waals surface area contributed by atoms with Gasteiger partial charge in [-0.05, 0) is 31.4 Å². The topological polar surface area (TPSA) is 41.5 Å². The molecule has 18 heavy (non-hydrogen) atoms. The van der Waals surface area contributed by atoms with Crippen LogP contribution in [0.3, 0.4) is 0 Å². The quantitative estimate of drug-likeness (QED) is 0.879. The van der Waals surface area contributed by atoms with E-state index in [4.69, 9.17) is 0 Å². The molecule has 100 valence electrons. The van der Waals surface area contributed by atoms with Crippen LogP contribution in [0.5, 0.6) is 5.75 Å². The van der Waals surface area contributed by atoms with E-state index in [9.17, 15) is 18.3 Å². The number of anilines is 1. The Morgan fingerprint density at radius 2 is 1.94 bits per heavy atom.